The molecule has 0 heterocycles. The predicted octanol–water partition coefficient (Wildman–Crippen LogP) is -1.35. The normalized spacial score (nSPS) is 17.5. The molecule has 0 rings (SSSR count). The molecule has 0 aromatic carbocycles. The van der Waals surface area contributed by atoms with E-state index < -0.39 is 31.0 Å². The number of rotatable bonds is 14. The van der Waals surface area contributed by atoms with Crippen molar-refractivity contribution in [3.63, 3.8) is 0 Å². The maximum atomic E-state index is 10.0. The highest BCUT2D eigenvalue weighted by Crippen LogP contribution is 2.09. The monoisotopic (exact) mass is 322 g/mol. The number of nitrogens with two attached hydrogens (primary N) is 1. The van der Waals surface area contributed by atoms with Crippen LogP contribution in [0.3, 0.4) is 0 Å². The highest BCUT2D eigenvalue weighted by molar-refractivity contribution is 4.82. The van der Waals surface area contributed by atoms with Gasteiger partial charge in [0.1, 0.15) is 18.3 Å². The molecule has 0 aliphatic rings. The highest BCUT2D eigenvalue weighted by Gasteiger charge is 2.30. The highest BCUT2D eigenvalue weighted by atomic mass is 16.4. The van der Waals surface area contributed by atoms with Gasteiger partial charge in [-0.25, -0.2) is 0 Å². The average molecular weight is 322 g/mol. The first kappa shape index (κ1) is 21.7. The fourth-order valence-electron chi connectivity index (χ4n) is 2.31. The summed E-state index contributed by atoms with van der Waals surface area (Å²) in [5, 5.41) is 47.6. The second-order valence-electron chi connectivity index (χ2n) is 5.80. The lowest BCUT2D eigenvalue weighted by Gasteiger charge is -2.30. The molecule has 0 saturated heterocycles. The van der Waals surface area contributed by atoms with Crippen molar-refractivity contribution >= 4 is 0 Å². The van der Waals surface area contributed by atoms with Crippen LogP contribution < -0.4 is 5.73 Å². The fourth-order valence-corrected chi connectivity index (χ4v) is 2.31. The molecule has 22 heavy (non-hydrogen) atoms. The largest absolute Gasteiger partial charge is 0.394 e. The van der Waals surface area contributed by atoms with Crippen molar-refractivity contribution in [2.45, 2.75) is 63.4 Å². The summed E-state index contributed by atoms with van der Waals surface area (Å²) in [6, 6.07) is 0. The standard InChI is InChI=1S/C15H34N2O5/c1-2-3-4-5-8-17(9-6-7-16)10-12(19)14(21)15(22)13(20)11-18/h12-15,18-22H,2-11,16H2,1H3. The lowest BCUT2D eigenvalue weighted by Crippen LogP contribution is -2.50. The molecule has 0 radical (unpaired) electrons. The van der Waals surface area contributed by atoms with E-state index in [1.807, 2.05) is 4.90 Å². The smallest absolute Gasteiger partial charge is 0.111 e. The predicted molar refractivity (Wildman–Crippen MR) is 85.4 cm³/mol. The first-order valence-corrected chi connectivity index (χ1v) is 8.23. The molecular weight excluding hydrogens is 288 g/mol. The summed E-state index contributed by atoms with van der Waals surface area (Å²) in [4.78, 5) is 2.01. The Morgan fingerprint density at radius 3 is 2.00 bits per heavy atom. The van der Waals surface area contributed by atoms with Gasteiger partial charge >= 0.3 is 0 Å². The molecule has 4 atom stereocenters. The second kappa shape index (κ2) is 13.2. The number of hydrogen-bond acceptors (Lipinski definition) is 7. The minimum atomic E-state index is -1.57. The Morgan fingerprint density at radius 1 is 0.864 bits per heavy atom. The zero-order chi connectivity index (χ0) is 17.0. The molecule has 7 nitrogen and oxygen atoms in total. The first-order chi connectivity index (χ1) is 10.5. The van der Waals surface area contributed by atoms with E-state index in [-0.39, 0.29) is 6.54 Å². The summed E-state index contributed by atoms with van der Waals surface area (Å²) in [5.74, 6) is 0. The van der Waals surface area contributed by atoms with Crippen LogP contribution in [-0.2, 0) is 0 Å². The van der Waals surface area contributed by atoms with Gasteiger partial charge < -0.3 is 36.2 Å². The zero-order valence-corrected chi connectivity index (χ0v) is 13.6. The zero-order valence-electron chi connectivity index (χ0n) is 13.6. The van der Waals surface area contributed by atoms with E-state index in [1.165, 1.54) is 0 Å². The third-order valence-electron chi connectivity index (χ3n) is 3.78. The van der Waals surface area contributed by atoms with Gasteiger partial charge in [0, 0.05) is 6.54 Å². The van der Waals surface area contributed by atoms with Gasteiger partial charge in [0.15, 0.2) is 0 Å². The number of nitrogens with zero attached hydrogens (tertiary/aromatic N) is 1. The topological polar surface area (TPSA) is 130 Å². The van der Waals surface area contributed by atoms with Crippen LogP contribution in [0.1, 0.15) is 39.0 Å². The fraction of sp³-hybridized carbons (Fsp3) is 1.00. The van der Waals surface area contributed by atoms with Gasteiger partial charge in [0.2, 0.25) is 0 Å². The second-order valence-corrected chi connectivity index (χ2v) is 5.80. The van der Waals surface area contributed by atoms with Crippen LogP contribution in [0.25, 0.3) is 0 Å². The maximum absolute atomic E-state index is 10.0. The Hall–Kier alpha value is -0.280. The van der Waals surface area contributed by atoms with E-state index in [0.29, 0.717) is 13.1 Å². The average Bonchev–Trinajstić information content (AvgIpc) is 2.53. The van der Waals surface area contributed by atoms with Crippen molar-refractivity contribution in [2.75, 3.05) is 32.8 Å². The van der Waals surface area contributed by atoms with Crippen LogP contribution in [0.2, 0.25) is 0 Å². The van der Waals surface area contributed by atoms with Gasteiger partial charge in [-0.1, -0.05) is 26.2 Å². The third-order valence-corrected chi connectivity index (χ3v) is 3.78. The van der Waals surface area contributed by atoms with E-state index >= 15 is 0 Å². The summed E-state index contributed by atoms with van der Waals surface area (Å²) in [5.41, 5.74) is 5.51. The van der Waals surface area contributed by atoms with E-state index in [0.717, 1.165) is 38.6 Å². The number of unbranched alkanes of at least 4 members (excludes halogenated alkanes) is 3. The lowest BCUT2D eigenvalue weighted by molar-refractivity contribution is -0.119. The van der Waals surface area contributed by atoms with Gasteiger partial charge in [-0.3, -0.25) is 0 Å². The summed E-state index contributed by atoms with van der Waals surface area (Å²) in [6.45, 7) is 3.73. The Bertz CT molecular complexity index is 258. The molecule has 7 heteroatoms. The van der Waals surface area contributed by atoms with Crippen molar-refractivity contribution in [1.29, 1.82) is 0 Å². The van der Waals surface area contributed by atoms with E-state index in [2.05, 4.69) is 6.92 Å². The lowest BCUT2D eigenvalue weighted by atomic mass is 10.0. The number of aliphatic hydroxyl groups excluding tert-OH is 5. The Labute approximate surface area is 133 Å². The summed E-state index contributed by atoms with van der Waals surface area (Å²) < 4.78 is 0. The van der Waals surface area contributed by atoms with Crippen molar-refractivity contribution in [3.05, 3.63) is 0 Å². The minimum absolute atomic E-state index is 0.197. The Morgan fingerprint density at radius 2 is 1.45 bits per heavy atom. The quantitative estimate of drug-likeness (QED) is 0.218. The van der Waals surface area contributed by atoms with Crippen LogP contribution in [0.15, 0.2) is 0 Å². The van der Waals surface area contributed by atoms with E-state index in [4.69, 9.17) is 10.8 Å². The molecule has 0 aliphatic heterocycles. The SMILES string of the molecule is CCCCCCN(CCCN)CC(O)C(O)C(O)C(O)CO. The van der Waals surface area contributed by atoms with Crippen molar-refractivity contribution in [1.82, 2.24) is 4.90 Å². The first-order valence-electron chi connectivity index (χ1n) is 8.23. The van der Waals surface area contributed by atoms with Gasteiger partial charge in [0.05, 0.1) is 12.7 Å². The van der Waals surface area contributed by atoms with Crippen molar-refractivity contribution in [2.24, 2.45) is 5.73 Å². The Kier molecular flexibility index (Phi) is 13.0. The molecule has 0 amide bonds. The maximum Gasteiger partial charge on any atom is 0.111 e. The molecular formula is C15H34N2O5. The van der Waals surface area contributed by atoms with E-state index in [1.54, 1.807) is 0 Å². The molecule has 134 valence electrons. The minimum Gasteiger partial charge on any atom is -0.394 e. The molecule has 0 bridgehead atoms. The van der Waals surface area contributed by atoms with Crippen molar-refractivity contribution in [3.8, 4) is 0 Å². The Balaban J connectivity index is 4.35. The van der Waals surface area contributed by atoms with Gasteiger partial charge in [0.25, 0.3) is 0 Å². The van der Waals surface area contributed by atoms with Gasteiger partial charge in [-0.05, 0) is 32.5 Å². The summed E-state index contributed by atoms with van der Waals surface area (Å²) in [7, 11) is 0. The number of hydrogen-bond donors (Lipinski definition) is 6. The molecule has 0 fully saturated rings. The van der Waals surface area contributed by atoms with Crippen LogP contribution in [-0.4, -0.2) is 87.6 Å². The van der Waals surface area contributed by atoms with E-state index in [9.17, 15) is 20.4 Å². The van der Waals surface area contributed by atoms with Crippen LogP contribution in [0, 0.1) is 0 Å². The summed E-state index contributed by atoms with van der Waals surface area (Å²) in [6.07, 6.45) is -0.518. The molecule has 4 unspecified atom stereocenters. The number of aliphatic hydroxyl groups is 5. The molecule has 0 aliphatic carbocycles. The molecule has 7 N–H and O–H groups in total. The molecule has 0 aromatic heterocycles. The molecule has 0 saturated carbocycles. The summed E-state index contributed by atoms with van der Waals surface area (Å²) >= 11 is 0. The van der Waals surface area contributed by atoms with Crippen LogP contribution in [0.4, 0.5) is 0 Å². The molecule has 0 aromatic rings. The third kappa shape index (κ3) is 8.99. The molecule has 0 spiro atoms. The van der Waals surface area contributed by atoms with Crippen LogP contribution in [0.5, 0.6) is 0 Å². The van der Waals surface area contributed by atoms with Gasteiger partial charge in [-0.2, -0.15) is 0 Å². The van der Waals surface area contributed by atoms with Crippen molar-refractivity contribution < 1.29 is 25.5 Å². The van der Waals surface area contributed by atoms with Crippen LogP contribution >= 0.6 is 0 Å². The van der Waals surface area contributed by atoms with Gasteiger partial charge in [-0.15, -0.1) is 0 Å².